The number of nitrogens with zero attached hydrogens (tertiary/aromatic N) is 2. The van der Waals surface area contributed by atoms with E-state index in [9.17, 15) is 9.59 Å². The van der Waals surface area contributed by atoms with Gasteiger partial charge in [0.2, 0.25) is 11.8 Å². The van der Waals surface area contributed by atoms with Crippen molar-refractivity contribution in [1.82, 2.24) is 9.78 Å². The molecule has 0 spiro atoms. The molecular formula is C21H29N3O3. The number of carbonyl (C=O) groups excluding carboxylic acids is 2. The first-order valence-corrected chi connectivity index (χ1v) is 9.42. The van der Waals surface area contributed by atoms with Crippen LogP contribution in [0.4, 0.5) is 5.69 Å². The van der Waals surface area contributed by atoms with E-state index in [-0.39, 0.29) is 24.7 Å². The van der Waals surface area contributed by atoms with Crippen LogP contribution in [0.3, 0.4) is 0 Å². The van der Waals surface area contributed by atoms with E-state index in [0.717, 1.165) is 29.1 Å². The fourth-order valence-corrected chi connectivity index (χ4v) is 2.97. The fourth-order valence-electron chi connectivity index (χ4n) is 2.97. The average Bonchev–Trinajstić information content (AvgIpc) is 2.89. The molecule has 0 saturated carbocycles. The van der Waals surface area contributed by atoms with E-state index < -0.39 is 0 Å². The van der Waals surface area contributed by atoms with Gasteiger partial charge in [-0.2, -0.15) is 5.10 Å². The minimum absolute atomic E-state index is 0.115. The van der Waals surface area contributed by atoms with Crippen molar-refractivity contribution in [3.8, 4) is 5.75 Å². The number of ether oxygens (including phenoxy) is 1. The molecule has 0 bridgehead atoms. The lowest BCUT2D eigenvalue weighted by molar-refractivity contribution is -0.116. The second kappa shape index (κ2) is 9.35. The maximum atomic E-state index is 12.5. The zero-order valence-corrected chi connectivity index (χ0v) is 16.8. The summed E-state index contributed by atoms with van der Waals surface area (Å²) in [6.45, 7) is 10.6. The number of hydrogen-bond acceptors (Lipinski definition) is 4. The van der Waals surface area contributed by atoms with Crippen LogP contribution in [0.2, 0.25) is 0 Å². The minimum Gasteiger partial charge on any atom is -0.494 e. The topological polar surface area (TPSA) is 73.2 Å². The van der Waals surface area contributed by atoms with Gasteiger partial charge in [0.1, 0.15) is 5.75 Å². The second-order valence-electron chi connectivity index (χ2n) is 7.06. The van der Waals surface area contributed by atoms with Crippen molar-refractivity contribution in [3.63, 3.8) is 0 Å². The molecule has 0 saturated heterocycles. The Bertz CT molecular complexity index is 792. The Morgan fingerprint density at radius 3 is 2.41 bits per heavy atom. The summed E-state index contributed by atoms with van der Waals surface area (Å²) in [7, 11) is 0. The lowest BCUT2D eigenvalue weighted by Gasteiger charge is -2.08. The smallest absolute Gasteiger partial charge is 0.247 e. The number of aryl methyl sites for hydroxylation is 1. The first kappa shape index (κ1) is 20.7. The maximum Gasteiger partial charge on any atom is 0.247 e. The van der Waals surface area contributed by atoms with Gasteiger partial charge in [-0.1, -0.05) is 13.8 Å². The average molecular weight is 371 g/mol. The molecule has 0 aliphatic heterocycles. The molecule has 146 valence electrons. The largest absolute Gasteiger partial charge is 0.494 e. The van der Waals surface area contributed by atoms with Gasteiger partial charge in [0.05, 0.1) is 12.3 Å². The van der Waals surface area contributed by atoms with Gasteiger partial charge < -0.3 is 10.1 Å². The molecule has 0 atom stereocenters. The van der Waals surface area contributed by atoms with E-state index in [1.54, 1.807) is 24.3 Å². The Hall–Kier alpha value is -2.63. The van der Waals surface area contributed by atoms with Gasteiger partial charge >= 0.3 is 0 Å². The summed E-state index contributed by atoms with van der Waals surface area (Å²) in [4.78, 5) is 24.6. The van der Waals surface area contributed by atoms with Crippen LogP contribution in [0.15, 0.2) is 24.3 Å². The van der Waals surface area contributed by atoms with E-state index in [2.05, 4.69) is 24.3 Å². The van der Waals surface area contributed by atoms with Crippen molar-refractivity contribution in [2.45, 2.75) is 53.9 Å². The molecule has 1 aromatic heterocycles. The highest BCUT2D eigenvalue weighted by Gasteiger charge is 2.18. The highest BCUT2D eigenvalue weighted by atomic mass is 16.5. The molecule has 0 unspecified atom stereocenters. The molecule has 1 amide bonds. The number of benzene rings is 1. The molecular weight excluding hydrogens is 342 g/mol. The van der Waals surface area contributed by atoms with E-state index >= 15 is 0 Å². The van der Waals surface area contributed by atoms with Gasteiger partial charge in [0, 0.05) is 24.2 Å². The first-order chi connectivity index (χ1) is 12.8. The Morgan fingerprint density at radius 2 is 1.81 bits per heavy atom. The molecule has 0 fully saturated rings. The van der Waals surface area contributed by atoms with Crippen LogP contribution in [0, 0.1) is 19.8 Å². The molecule has 1 aromatic carbocycles. The number of aromatic nitrogens is 2. The van der Waals surface area contributed by atoms with Crippen LogP contribution >= 0.6 is 0 Å². The SMILES string of the molecule is CCOc1ccc(NC(=O)CCC(=O)n2nc(C)c(CC(C)C)c2C)cc1. The Labute approximate surface area is 160 Å². The lowest BCUT2D eigenvalue weighted by atomic mass is 10.0. The molecule has 2 rings (SSSR count). The van der Waals surface area contributed by atoms with Gasteiger partial charge in [0.15, 0.2) is 0 Å². The lowest BCUT2D eigenvalue weighted by Crippen LogP contribution is -2.18. The number of nitrogens with one attached hydrogen (secondary N) is 1. The number of rotatable bonds is 8. The normalized spacial score (nSPS) is 10.9. The van der Waals surface area contributed by atoms with E-state index in [1.807, 2.05) is 20.8 Å². The summed E-state index contributed by atoms with van der Waals surface area (Å²) in [6, 6.07) is 7.17. The van der Waals surface area contributed by atoms with E-state index in [1.165, 1.54) is 4.68 Å². The summed E-state index contributed by atoms with van der Waals surface area (Å²) in [6.07, 6.45) is 1.12. The van der Waals surface area contributed by atoms with Crippen molar-refractivity contribution >= 4 is 17.5 Å². The van der Waals surface area contributed by atoms with Crippen LogP contribution in [-0.4, -0.2) is 28.2 Å². The van der Waals surface area contributed by atoms with Crippen LogP contribution in [-0.2, 0) is 11.2 Å². The fraction of sp³-hybridized carbons (Fsp3) is 0.476. The van der Waals surface area contributed by atoms with Gasteiger partial charge in [-0.05, 0) is 62.9 Å². The summed E-state index contributed by atoms with van der Waals surface area (Å²) >= 11 is 0. The van der Waals surface area contributed by atoms with E-state index in [4.69, 9.17) is 4.74 Å². The van der Waals surface area contributed by atoms with Crippen LogP contribution in [0.5, 0.6) is 5.75 Å². The number of anilines is 1. The molecule has 1 heterocycles. The monoisotopic (exact) mass is 371 g/mol. The predicted octanol–water partition coefficient (Wildman–Crippen LogP) is 4.16. The van der Waals surface area contributed by atoms with Crippen LogP contribution in [0.1, 0.15) is 55.4 Å². The molecule has 0 radical (unpaired) electrons. The molecule has 0 aliphatic rings. The van der Waals surface area contributed by atoms with Crippen molar-refractivity contribution < 1.29 is 14.3 Å². The van der Waals surface area contributed by atoms with Crippen molar-refractivity contribution in [3.05, 3.63) is 41.2 Å². The molecule has 1 N–H and O–H groups in total. The van der Waals surface area contributed by atoms with Gasteiger partial charge in [0.25, 0.3) is 0 Å². The van der Waals surface area contributed by atoms with Gasteiger partial charge in [-0.3, -0.25) is 9.59 Å². The highest BCUT2D eigenvalue weighted by Crippen LogP contribution is 2.19. The van der Waals surface area contributed by atoms with Crippen LogP contribution < -0.4 is 10.1 Å². The number of amides is 1. The quantitative estimate of drug-likeness (QED) is 0.756. The summed E-state index contributed by atoms with van der Waals surface area (Å²) in [5.41, 5.74) is 3.56. The Kier molecular flexibility index (Phi) is 7.16. The van der Waals surface area contributed by atoms with Crippen molar-refractivity contribution in [2.75, 3.05) is 11.9 Å². The highest BCUT2D eigenvalue weighted by molar-refractivity contribution is 5.93. The summed E-state index contributed by atoms with van der Waals surface area (Å²) in [5, 5.41) is 7.17. The maximum absolute atomic E-state index is 12.5. The third-order valence-corrected chi connectivity index (χ3v) is 4.30. The molecule has 0 aliphatic carbocycles. The number of hydrogen-bond donors (Lipinski definition) is 1. The second-order valence-corrected chi connectivity index (χ2v) is 7.06. The van der Waals surface area contributed by atoms with Crippen LogP contribution in [0.25, 0.3) is 0 Å². The zero-order valence-electron chi connectivity index (χ0n) is 16.8. The zero-order chi connectivity index (χ0) is 20.0. The predicted molar refractivity (Wildman–Crippen MR) is 106 cm³/mol. The molecule has 6 heteroatoms. The molecule has 27 heavy (non-hydrogen) atoms. The Balaban J connectivity index is 1.92. The number of carbonyl (C=O) groups is 2. The van der Waals surface area contributed by atoms with Crippen molar-refractivity contribution in [1.29, 1.82) is 0 Å². The third kappa shape index (κ3) is 5.67. The van der Waals surface area contributed by atoms with Gasteiger partial charge in [-0.15, -0.1) is 0 Å². The third-order valence-electron chi connectivity index (χ3n) is 4.30. The van der Waals surface area contributed by atoms with Crippen molar-refractivity contribution in [2.24, 2.45) is 5.92 Å². The minimum atomic E-state index is -0.198. The molecule has 2 aromatic rings. The Morgan fingerprint density at radius 1 is 1.15 bits per heavy atom. The standard InChI is InChI=1S/C21H29N3O3/c1-6-27-18-9-7-17(8-10-18)22-20(25)11-12-21(26)24-16(5)19(13-14(2)3)15(4)23-24/h7-10,14H,6,11-13H2,1-5H3,(H,22,25). The summed E-state index contributed by atoms with van der Waals surface area (Å²) < 4.78 is 6.82. The molecule has 6 nitrogen and oxygen atoms in total. The van der Waals surface area contributed by atoms with E-state index in [0.29, 0.717) is 18.2 Å². The summed E-state index contributed by atoms with van der Waals surface area (Å²) in [5.74, 6) is 0.895. The first-order valence-electron chi connectivity index (χ1n) is 9.42. The van der Waals surface area contributed by atoms with Gasteiger partial charge in [-0.25, -0.2) is 4.68 Å².